The zero-order valence-corrected chi connectivity index (χ0v) is 11.5. The van der Waals surface area contributed by atoms with Crippen LogP contribution in [0.15, 0.2) is 41.0 Å². The first-order valence-corrected chi connectivity index (χ1v) is 6.46. The molecule has 0 aliphatic rings. The van der Waals surface area contributed by atoms with E-state index in [9.17, 15) is 4.39 Å². The van der Waals surface area contributed by atoms with Crippen molar-refractivity contribution >= 4 is 34.6 Å². The molecule has 0 atom stereocenters. The van der Waals surface area contributed by atoms with E-state index >= 15 is 0 Å². The molecule has 0 unspecified atom stereocenters. The maximum Gasteiger partial charge on any atom is 0.170 e. The minimum absolute atomic E-state index is 0.0587. The van der Waals surface area contributed by atoms with Crippen LogP contribution < -0.4 is 10.6 Å². The Labute approximate surface area is 120 Å². The average molecular weight is 299 g/mol. The van der Waals surface area contributed by atoms with Crippen LogP contribution in [0.25, 0.3) is 0 Å². The summed E-state index contributed by atoms with van der Waals surface area (Å²) >= 11 is 10.8. The van der Waals surface area contributed by atoms with Crippen LogP contribution in [0.5, 0.6) is 0 Å². The van der Waals surface area contributed by atoms with E-state index in [0.717, 1.165) is 12.2 Å². The van der Waals surface area contributed by atoms with Crippen LogP contribution in [0.2, 0.25) is 5.02 Å². The standard InChI is InChI=1S/C13H12ClFN2OS/c14-11-8-9(3-4-12(11)15)17-13(19)16-6-5-10-2-1-7-18-10/h1-4,7-8H,5-6H2,(H2,16,17,19). The van der Waals surface area contributed by atoms with E-state index in [1.165, 1.54) is 12.1 Å². The second kappa shape index (κ2) is 6.54. The molecule has 0 fully saturated rings. The van der Waals surface area contributed by atoms with Gasteiger partial charge in [0.25, 0.3) is 0 Å². The van der Waals surface area contributed by atoms with Crippen molar-refractivity contribution in [3.63, 3.8) is 0 Å². The first kappa shape index (κ1) is 13.8. The lowest BCUT2D eigenvalue weighted by Crippen LogP contribution is -2.30. The Balaban J connectivity index is 1.79. The summed E-state index contributed by atoms with van der Waals surface area (Å²) in [6.07, 6.45) is 2.37. The molecule has 1 aromatic heterocycles. The summed E-state index contributed by atoms with van der Waals surface area (Å²) in [5, 5.41) is 6.47. The van der Waals surface area contributed by atoms with E-state index < -0.39 is 5.82 Å². The van der Waals surface area contributed by atoms with Crippen molar-refractivity contribution in [2.75, 3.05) is 11.9 Å². The minimum Gasteiger partial charge on any atom is -0.469 e. The maximum atomic E-state index is 13.0. The highest BCUT2D eigenvalue weighted by molar-refractivity contribution is 7.80. The molecule has 0 saturated carbocycles. The smallest absolute Gasteiger partial charge is 0.170 e. The monoisotopic (exact) mass is 298 g/mol. The number of hydrogen-bond acceptors (Lipinski definition) is 2. The van der Waals surface area contributed by atoms with Crippen LogP contribution in [0.4, 0.5) is 10.1 Å². The van der Waals surface area contributed by atoms with Crippen molar-refractivity contribution in [1.82, 2.24) is 5.32 Å². The second-order valence-corrected chi connectivity index (χ2v) is 4.65. The largest absolute Gasteiger partial charge is 0.469 e. The molecule has 2 aromatic rings. The number of benzene rings is 1. The lowest BCUT2D eigenvalue weighted by molar-refractivity contribution is 0.507. The third-order valence-electron chi connectivity index (χ3n) is 2.41. The van der Waals surface area contributed by atoms with Crippen LogP contribution in [0.1, 0.15) is 5.76 Å². The third-order valence-corrected chi connectivity index (χ3v) is 2.95. The quantitative estimate of drug-likeness (QED) is 0.846. The van der Waals surface area contributed by atoms with Gasteiger partial charge in [0.1, 0.15) is 11.6 Å². The molecule has 3 nitrogen and oxygen atoms in total. The normalized spacial score (nSPS) is 10.2. The highest BCUT2D eigenvalue weighted by atomic mass is 35.5. The molecular weight excluding hydrogens is 287 g/mol. The lowest BCUT2D eigenvalue weighted by Gasteiger charge is -2.10. The van der Waals surface area contributed by atoms with E-state index in [4.69, 9.17) is 28.2 Å². The Hall–Kier alpha value is -1.59. The summed E-state index contributed by atoms with van der Waals surface area (Å²) in [7, 11) is 0. The zero-order chi connectivity index (χ0) is 13.7. The molecule has 2 N–H and O–H groups in total. The van der Waals surface area contributed by atoms with Crippen molar-refractivity contribution in [3.8, 4) is 0 Å². The Kier molecular flexibility index (Phi) is 4.76. The molecule has 1 heterocycles. The van der Waals surface area contributed by atoms with Gasteiger partial charge >= 0.3 is 0 Å². The molecule has 100 valence electrons. The fraction of sp³-hybridized carbons (Fsp3) is 0.154. The molecular formula is C13H12ClFN2OS. The molecule has 0 amide bonds. The maximum absolute atomic E-state index is 13.0. The Morgan fingerprint density at radius 3 is 2.89 bits per heavy atom. The number of hydrogen-bond donors (Lipinski definition) is 2. The van der Waals surface area contributed by atoms with Crippen LogP contribution in [0, 0.1) is 5.82 Å². The van der Waals surface area contributed by atoms with Gasteiger partial charge in [0.15, 0.2) is 5.11 Å². The van der Waals surface area contributed by atoms with Gasteiger partial charge in [0.2, 0.25) is 0 Å². The highest BCUT2D eigenvalue weighted by Gasteiger charge is 2.03. The Bertz CT molecular complexity index is 560. The third kappa shape index (κ3) is 4.22. The highest BCUT2D eigenvalue weighted by Crippen LogP contribution is 2.19. The topological polar surface area (TPSA) is 37.2 Å². The summed E-state index contributed by atoms with van der Waals surface area (Å²) < 4.78 is 18.2. The molecule has 0 saturated heterocycles. The van der Waals surface area contributed by atoms with E-state index in [1.54, 1.807) is 12.3 Å². The number of halogens is 2. The molecule has 2 rings (SSSR count). The van der Waals surface area contributed by atoms with Crippen molar-refractivity contribution in [2.45, 2.75) is 6.42 Å². The SMILES string of the molecule is Fc1ccc(NC(=S)NCCc2ccco2)cc1Cl. The number of anilines is 1. The summed E-state index contributed by atoms with van der Waals surface area (Å²) in [6.45, 7) is 0.647. The molecule has 1 aromatic carbocycles. The van der Waals surface area contributed by atoms with Gasteiger partial charge in [-0.25, -0.2) is 4.39 Å². The number of rotatable bonds is 4. The van der Waals surface area contributed by atoms with Gasteiger partial charge in [-0.1, -0.05) is 11.6 Å². The second-order valence-electron chi connectivity index (χ2n) is 3.84. The van der Waals surface area contributed by atoms with Crippen LogP contribution in [-0.2, 0) is 6.42 Å². The molecule has 0 aliphatic heterocycles. The molecule has 19 heavy (non-hydrogen) atoms. The van der Waals surface area contributed by atoms with Crippen molar-refractivity contribution in [1.29, 1.82) is 0 Å². The van der Waals surface area contributed by atoms with Crippen LogP contribution in [-0.4, -0.2) is 11.7 Å². The van der Waals surface area contributed by atoms with Gasteiger partial charge in [0, 0.05) is 18.7 Å². The molecule has 0 spiro atoms. The lowest BCUT2D eigenvalue weighted by atomic mass is 10.3. The average Bonchev–Trinajstić information content (AvgIpc) is 2.87. The van der Waals surface area contributed by atoms with Crippen molar-refractivity contribution in [2.24, 2.45) is 0 Å². The summed E-state index contributed by atoms with van der Waals surface area (Å²) in [5.41, 5.74) is 0.641. The van der Waals surface area contributed by atoms with E-state index in [0.29, 0.717) is 17.3 Å². The van der Waals surface area contributed by atoms with Crippen molar-refractivity contribution < 1.29 is 8.81 Å². The molecule has 0 aliphatic carbocycles. The molecule has 0 radical (unpaired) electrons. The number of nitrogens with one attached hydrogen (secondary N) is 2. The van der Waals surface area contributed by atoms with Gasteiger partial charge in [-0.15, -0.1) is 0 Å². The van der Waals surface area contributed by atoms with Crippen molar-refractivity contribution in [3.05, 3.63) is 53.2 Å². The van der Waals surface area contributed by atoms with Crippen LogP contribution in [0.3, 0.4) is 0 Å². The predicted octanol–water partition coefficient (Wildman–Crippen LogP) is 3.60. The van der Waals surface area contributed by atoms with Gasteiger partial charge < -0.3 is 15.1 Å². The Morgan fingerprint density at radius 2 is 2.21 bits per heavy atom. The molecule has 0 bridgehead atoms. The summed E-state index contributed by atoms with van der Waals surface area (Å²) in [5.74, 6) is 0.434. The summed E-state index contributed by atoms with van der Waals surface area (Å²) in [4.78, 5) is 0. The Morgan fingerprint density at radius 1 is 1.37 bits per heavy atom. The van der Waals surface area contributed by atoms with E-state index in [1.807, 2.05) is 12.1 Å². The van der Waals surface area contributed by atoms with Crippen LogP contribution >= 0.6 is 23.8 Å². The zero-order valence-electron chi connectivity index (χ0n) is 9.95. The van der Waals surface area contributed by atoms with Gasteiger partial charge in [0.05, 0.1) is 11.3 Å². The first-order valence-electron chi connectivity index (χ1n) is 5.67. The van der Waals surface area contributed by atoms with Gasteiger partial charge in [-0.3, -0.25) is 0 Å². The predicted molar refractivity (Wildman–Crippen MR) is 78.0 cm³/mol. The van der Waals surface area contributed by atoms with E-state index in [-0.39, 0.29) is 5.02 Å². The van der Waals surface area contributed by atoms with E-state index in [2.05, 4.69) is 10.6 Å². The number of furan rings is 1. The number of thiocarbonyl (C=S) groups is 1. The fourth-order valence-corrected chi connectivity index (χ4v) is 1.90. The minimum atomic E-state index is -0.455. The summed E-state index contributed by atoms with van der Waals surface area (Å²) in [6, 6.07) is 8.08. The van der Waals surface area contributed by atoms with Gasteiger partial charge in [-0.2, -0.15) is 0 Å². The molecule has 6 heteroatoms. The first-order chi connectivity index (χ1) is 9.15. The fourth-order valence-electron chi connectivity index (χ4n) is 1.50. The van der Waals surface area contributed by atoms with Gasteiger partial charge in [-0.05, 0) is 42.5 Å².